The zero-order valence-electron chi connectivity index (χ0n) is 11.5. The second-order valence-electron chi connectivity index (χ2n) is 5.11. The predicted molar refractivity (Wildman–Crippen MR) is 76.8 cm³/mol. The van der Waals surface area contributed by atoms with Gasteiger partial charge in [0, 0.05) is 31.2 Å². The summed E-state index contributed by atoms with van der Waals surface area (Å²) in [5.74, 6) is -0.529. The van der Waals surface area contributed by atoms with Gasteiger partial charge in [-0.25, -0.2) is 12.8 Å². The van der Waals surface area contributed by atoms with Crippen LogP contribution in [0.25, 0.3) is 0 Å². The molecule has 0 saturated carbocycles. The highest BCUT2D eigenvalue weighted by atomic mass is 35.5. The molecule has 1 aromatic carbocycles. The lowest BCUT2D eigenvalue weighted by molar-refractivity contribution is 0.170. The van der Waals surface area contributed by atoms with Crippen molar-refractivity contribution in [1.82, 2.24) is 9.21 Å². The average Bonchev–Trinajstić information content (AvgIpc) is 2.38. The minimum Gasteiger partial charge on any atom is -0.303 e. The van der Waals surface area contributed by atoms with Crippen LogP contribution < -0.4 is 0 Å². The standard InChI is InChI=1S/C13H18ClFN2O2S/c1-10-9-16(2)5-6-17(10)20(18,19)12-3-4-13(15)11(7-12)8-14/h3-4,7,10H,5-6,8-9H2,1-2H3. The molecular formula is C13H18ClFN2O2S. The molecule has 1 fully saturated rings. The molecule has 1 aliphatic rings. The lowest BCUT2D eigenvalue weighted by atomic mass is 10.2. The van der Waals surface area contributed by atoms with Gasteiger partial charge in [0.05, 0.1) is 10.8 Å². The first-order valence-electron chi connectivity index (χ1n) is 6.41. The summed E-state index contributed by atoms with van der Waals surface area (Å²) in [7, 11) is -1.64. The van der Waals surface area contributed by atoms with E-state index < -0.39 is 15.8 Å². The number of nitrogens with zero attached hydrogens (tertiary/aromatic N) is 2. The van der Waals surface area contributed by atoms with Crippen molar-refractivity contribution in [3.63, 3.8) is 0 Å². The van der Waals surface area contributed by atoms with Gasteiger partial charge in [-0.1, -0.05) is 0 Å². The maximum atomic E-state index is 13.4. The van der Waals surface area contributed by atoms with E-state index in [0.717, 1.165) is 6.07 Å². The van der Waals surface area contributed by atoms with Crippen molar-refractivity contribution in [3.05, 3.63) is 29.6 Å². The van der Waals surface area contributed by atoms with E-state index >= 15 is 0 Å². The Bertz CT molecular complexity index is 594. The van der Waals surface area contributed by atoms with Crippen LogP contribution in [0.4, 0.5) is 4.39 Å². The largest absolute Gasteiger partial charge is 0.303 e. The number of likely N-dealkylation sites (N-methyl/N-ethyl adjacent to an activating group) is 1. The summed E-state index contributed by atoms with van der Waals surface area (Å²) in [4.78, 5) is 2.19. The first-order valence-corrected chi connectivity index (χ1v) is 8.38. The minimum absolute atomic E-state index is 0.0481. The molecule has 0 aliphatic carbocycles. The minimum atomic E-state index is -3.60. The number of benzene rings is 1. The fourth-order valence-corrected chi connectivity index (χ4v) is 4.30. The number of piperazine rings is 1. The van der Waals surface area contributed by atoms with Gasteiger partial charge < -0.3 is 4.90 Å². The summed E-state index contributed by atoms with van der Waals surface area (Å²) in [6.07, 6.45) is 0. The topological polar surface area (TPSA) is 40.6 Å². The smallest absolute Gasteiger partial charge is 0.243 e. The first-order chi connectivity index (χ1) is 9.36. The highest BCUT2D eigenvalue weighted by Gasteiger charge is 2.32. The molecular weight excluding hydrogens is 303 g/mol. The third-order valence-corrected chi connectivity index (χ3v) is 5.83. The van der Waals surface area contributed by atoms with E-state index in [-0.39, 0.29) is 22.4 Å². The highest BCUT2D eigenvalue weighted by Crippen LogP contribution is 2.23. The van der Waals surface area contributed by atoms with Gasteiger partial charge in [0.1, 0.15) is 5.82 Å². The molecule has 0 aromatic heterocycles. The summed E-state index contributed by atoms with van der Waals surface area (Å²) in [6.45, 7) is 3.68. The van der Waals surface area contributed by atoms with Gasteiger partial charge in [-0.15, -0.1) is 11.6 Å². The summed E-state index contributed by atoms with van der Waals surface area (Å²) >= 11 is 5.63. The van der Waals surface area contributed by atoms with Crippen LogP contribution in [0.1, 0.15) is 12.5 Å². The maximum absolute atomic E-state index is 13.4. The van der Waals surface area contributed by atoms with Crippen LogP contribution in [0.15, 0.2) is 23.1 Å². The van der Waals surface area contributed by atoms with Crippen molar-refractivity contribution in [1.29, 1.82) is 0 Å². The van der Waals surface area contributed by atoms with E-state index in [4.69, 9.17) is 11.6 Å². The van der Waals surface area contributed by atoms with Gasteiger partial charge in [0.25, 0.3) is 0 Å². The van der Waals surface area contributed by atoms with E-state index in [2.05, 4.69) is 4.90 Å². The van der Waals surface area contributed by atoms with E-state index in [1.807, 2.05) is 14.0 Å². The lowest BCUT2D eigenvalue weighted by Gasteiger charge is -2.37. The van der Waals surface area contributed by atoms with Crippen molar-refractivity contribution in [2.45, 2.75) is 23.7 Å². The number of alkyl halides is 1. The fraction of sp³-hybridized carbons (Fsp3) is 0.538. The van der Waals surface area contributed by atoms with Crippen molar-refractivity contribution in [2.75, 3.05) is 26.7 Å². The lowest BCUT2D eigenvalue weighted by Crippen LogP contribution is -2.52. The van der Waals surface area contributed by atoms with Crippen LogP contribution in [0.5, 0.6) is 0 Å². The van der Waals surface area contributed by atoms with E-state index in [0.29, 0.717) is 19.6 Å². The second-order valence-corrected chi connectivity index (χ2v) is 7.27. The Morgan fingerprint density at radius 1 is 1.40 bits per heavy atom. The highest BCUT2D eigenvalue weighted by molar-refractivity contribution is 7.89. The monoisotopic (exact) mass is 320 g/mol. The van der Waals surface area contributed by atoms with E-state index in [9.17, 15) is 12.8 Å². The van der Waals surface area contributed by atoms with Crippen LogP contribution >= 0.6 is 11.6 Å². The summed E-state index contributed by atoms with van der Waals surface area (Å²) in [5, 5.41) is 0. The van der Waals surface area contributed by atoms with E-state index in [1.165, 1.54) is 16.4 Å². The Morgan fingerprint density at radius 2 is 2.10 bits per heavy atom. The van der Waals surface area contributed by atoms with Gasteiger partial charge >= 0.3 is 0 Å². The first kappa shape index (κ1) is 15.7. The molecule has 1 aromatic rings. The van der Waals surface area contributed by atoms with Crippen molar-refractivity contribution in [2.24, 2.45) is 0 Å². The predicted octanol–water partition coefficient (Wildman–Crippen LogP) is 1.89. The third-order valence-electron chi connectivity index (χ3n) is 3.54. The number of hydrogen-bond acceptors (Lipinski definition) is 3. The molecule has 1 atom stereocenters. The summed E-state index contributed by atoms with van der Waals surface area (Å²) < 4.78 is 40.2. The van der Waals surface area contributed by atoms with Crippen molar-refractivity contribution in [3.8, 4) is 0 Å². The molecule has 1 heterocycles. The van der Waals surface area contributed by atoms with Crippen LogP contribution in [0.2, 0.25) is 0 Å². The normalized spacial score (nSPS) is 22.1. The van der Waals surface area contributed by atoms with Crippen LogP contribution in [0, 0.1) is 5.82 Å². The van der Waals surface area contributed by atoms with Gasteiger partial charge in [-0.2, -0.15) is 4.31 Å². The molecule has 2 rings (SSSR count). The number of hydrogen-bond donors (Lipinski definition) is 0. The zero-order chi connectivity index (χ0) is 14.9. The summed E-state index contributed by atoms with van der Waals surface area (Å²) in [5.41, 5.74) is 0.203. The Kier molecular flexibility index (Phi) is 4.69. The Morgan fingerprint density at radius 3 is 2.70 bits per heavy atom. The molecule has 0 radical (unpaired) electrons. The van der Waals surface area contributed by atoms with Crippen molar-refractivity contribution < 1.29 is 12.8 Å². The van der Waals surface area contributed by atoms with Gasteiger partial charge in [-0.3, -0.25) is 0 Å². The molecule has 112 valence electrons. The molecule has 0 spiro atoms. The molecule has 7 heteroatoms. The maximum Gasteiger partial charge on any atom is 0.243 e. The molecule has 0 bridgehead atoms. The number of rotatable bonds is 3. The fourth-order valence-electron chi connectivity index (χ4n) is 2.43. The Balaban J connectivity index is 2.35. The van der Waals surface area contributed by atoms with Gasteiger partial charge in [0.2, 0.25) is 10.0 Å². The second kappa shape index (κ2) is 5.97. The van der Waals surface area contributed by atoms with Gasteiger partial charge in [-0.05, 0) is 32.2 Å². The van der Waals surface area contributed by atoms with Crippen LogP contribution in [-0.4, -0.2) is 50.3 Å². The third kappa shape index (κ3) is 2.98. The molecule has 1 unspecified atom stereocenters. The van der Waals surface area contributed by atoms with Crippen LogP contribution in [-0.2, 0) is 15.9 Å². The Hall–Kier alpha value is -0.690. The summed E-state index contributed by atoms with van der Waals surface area (Å²) in [6, 6.07) is 3.67. The average molecular weight is 321 g/mol. The molecule has 1 aliphatic heterocycles. The SMILES string of the molecule is CC1CN(C)CCN1S(=O)(=O)c1ccc(F)c(CCl)c1. The molecule has 0 amide bonds. The quantitative estimate of drug-likeness (QED) is 0.799. The Labute approximate surface area is 124 Å². The van der Waals surface area contributed by atoms with Crippen molar-refractivity contribution >= 4 is 21.6 Å². The number of sulfonamides is 1. The molecule has 0 N–H and O–H groups in total. The van der Waals surface area contributed by atoms with Gasteiger partial charge in [0.15, 0.2) is 0 Å². The molecule has 4 nitrogen and oxygen atoms in total. The molecule has 20 heavy (non-hydrogen) atoms. The zero-order valence-corrected chi connectivity index (χ0v) is 13.1. The molecule has 1 saturated heterocycles. The number of halogens is 2. The van der Waals surface area contributed by atoms with Crippen LogP contribution in [0.3, 0.4) is 0 Å². The van der Waals surface area contributed by atoms with E-state index in [1.54, 1.807) is 0 Å².